The van der Waals surface area contributed by atoms with Crippen LogP contribution in [0.5, 0.6) is 0 Å². The Bertz CT molecular complexity index is 654. The Morgan fingerprint density at radius 1 is 1.43 bits per heavy atom. The maximum absolute atomic E-state index is 12.1. The van der Waals surface area contributed by atoms with Gasteiger partial charge in [-0.2, -0.15) is 0 Å². The lowest BCUT2D eigenvalue weighted by Gasteiger charge is -2.09. The van der Waals surface area contributed by atoms with Gasteiger partial charge in [-0.3, -0.25) is 15.1 Å². The first-order chi connectivity index (χ1) is 9.88. The molecule has 0 bridgehead atoms. The van der Waals surface area contributed by atoms with E-state index in [1.165, 1.54) is 24.3 Å². The van der Waals surface area contributed by atoms with Gasteiger partial charge in [-0.25, -0.2) is 8.42 Å². The van der Waals surface area contributed by atoms with Crippen molar-refractivity contribution in [2.24, 2.45) is 4.99 Å². The van der Waals surface area contributed by atoms with Gasteiger partial charge in [0.05, 0.1) is 22.1 Å². The van der Waals surface area contributed by atoms with Gasteiger partial charge in [0.15, 0.2) is 15.8 Å². The largest absolute Gasteiger partial charge is 0.355 e. The molecule has 0 spiro atoms. The van der Waals surface area contributed by atoms with Crippen molar-refractivity contribution < 1.29 is 13.3 Å². The number of rotatable bonds is 5. The summed E-state index contributed by atoms with van der Waals surface area (Å²) in [5.74, 6) is 0.487. The molecule has 1 unspecified atom stereocenters. The molecule has 1 aliphatic rings. The Kier molecular flexibility index (Phi) is 4.41. The first-order valence-electron chi connectivity index (χ1n) is 6.40. The molecule has 1 aromatic rings. The summed E-state index contributed by atoms with van der Waals surface area (Å²) in [6.45, 7) is 2.86. The molecule has 2 rings (SSSR count). The summed E-state index contributed by atoms with van der Waals surface area (Å²) >= 11 is 0. The first-order valence-corrected chi connectivity index (χ1v) is 8.06. The average molecular weight is 312 g/mol. The van der Waals surface area contributed by atoms with Gasteiger partial charge in [0.1, 0.15) is 0 Å². The molecule has 1 aliphatic heterocycles. The van der Waals surface area contributed by atoms with Crippen molar-refractivity contribution in [3.05, 3.63) is 34.4 Å². The number of nitrogens with zero attached hydrogens (tertiary/aromatic N) is 2. The molecule has 21 heavy (non-hydrogen) atoms. The number of nitro benzene ring substituents is 1. The second-order valence-electron chi connectivity index (χ2n) is 4.73. The number of hydrogen-bond donors (Lipinski definition) is 2. The van der Waals surface area contributed by atoms with Crippen LogP contribution in [-0.4, -0.2) is 44.2 Å². The summed E-state index contributed by atoms with van der Waals surface area (Å²) in [7, 11) is -3.48. The molecule has 0 radical (unpaired) electrons. The van der Waals surface area contributed by atoms with E-state index in [0.717, 1.165) is 0 Å². The summed E-state index contributed by atoms with van der Waals surface area (Å²) in [5.41, 5.74) is -0.134. The molecule has 0 amide bonds. The Morgan fingerprint density at radius 2 is 2.10 bits per heavy atom. The van der Waals surface area contributed by atoms with Crippen LogP contribution in [-0.2, 0) is 9.84 Å². The predicted octanol–water partition coefficient (Wildman–Crippen LogP) is 0.306. The van der Waals surface area contributed by atoms with E-state index in [-0.39, 0.29) is 28.9 Å². The molecule has 0 fully saturated rings. The highest BCUT2D eigenvalue weighted by atomic mass is 32.2. The lowest BCUT2D eigenvalue weighted by Crippen LogP contribution is -2.39. The van der Waals surface area contributed by atoms with Gasteiger partial charge < -0.3 is 10.6 Å². The van der Waals surface area contributed by atoms with Crippen molar-refractivity contribution in [3.8, 4) is 0 Å². The molecule has 114 valence electrons. The summed E-state index contributed by atoms with van der Waals surface area (Å²) in [4.78, 5) is 14.2. The van der Waals surface area contributed by atoms with Crippen LogP contribution in [0.3, 0.4) is 0 Å². The van der Waals surface area contributed by atoms with Crippen molar-refractivity contribution in [2.45, 2.75) is 17.9 Å². The third-order valence-electron chi connectivity index (χ3n) is 2.98. The molecule has 0 saturated heterocycles. The van der Waals surface area contributed by atoms with Crippen molar-refractivity contribution in [1.82, 2.24) is 10.6 Å². The third kappa shape index (κ3) is 3.91. The van der Waals surface area contributed by atoms with E-state index in [1.807, 2.05) is 6.92 Å². The van der Waals surface area contributed by atoms with E-state index in [2.05, 4.69) is 15.6 Å². The maximum atomic E-state index is 12.1. The Hall–Kier alpha value is -2.16. The van der Waals surface area contributed by atoms with Gasteiger partial charge in [-0.1, -0.05) is 0 Å². The fraction of sp³-hybridized carbons (Fsp3) is 0.417. The second-order valence-corrected chi connectivity index (χ2v) is 6.84. The van der Waals surface area contributed by atoms with Crippen molar-refractivity contribution in [2.75, 3.05) is 18.8 Å². The molecule has 8 nitrogen and oxygen atoms in total. The zero-order valence-electron chi connectivity index (χ0n) is 11.4. The van der Waals surface area contributed by atoms with Crippen molar-refractivity contribution >= 4 is 21.5 Å². The Morgan fingerprint density at radius 3 is 2.62 bits per heavy atom. The van der Waals surface area contributed by atoms with Crippen molar-refractivity contribution in [1.29, 1.82) is 0 Å². The van der Waals surface area contributed by atoms with Crippen LogP contribution in [0.4, 0.5) is 5.69 Å². The topological polar surface area (TPSA) is 114 Å². The first kappa shape index (κ1) is 15.2. The fourth-order valence-electron chi connectivity index (χ4n) is 1.86. The SMILES string of the molecule is CC1CN=C(NCCS(=O)(=O)c2ccc([N+](=O)[O-])cc2)N1. The molecular weight excluding hydrogens is 296 g/mol. The minimum atomic E-state index is -3.48. The van der Waals surface area contributed by atoms with Crippen molar-refractivity contribution in [3.63, 3.8) is 0 Å². The lowest BCUT2D eigenvalue weighted by molar-refractivity contribution is -0.384. The highest BCUT2D eigenvalue weighted by Gasteiger charge is 2.17. The van der Waals surface area contributed by atoms with Gasteiger partial charge in [-0.15, -0.1) is 0 Å². The third-order valence-corrected chi connectivity index (χ3v) is 4.71. The minimum absolute atomic E-state index is 0.0737. The molecule has 9 heteroatoms. The van der Waals surface area contributed by atoms with E-state index < -0.39 is 14.8 Å². The second kappa shape index (κ2) is 6.08. The smallest absolute Gasteiger partial charge is 0.269 e. The van der Waals surface area contributed by atoms with Crippen LogP contribution >= 0.6 is 0 Å². The highest BCUT2D eigenvalue weighted by Crippen LogP contribution is 2.16. The number of hydrogen-bond acceptors (Lipinski definition) is 7. The molecule has 2 N–H and O–H groups in total. The van der Waals surface area contributed by atoms with Crippen LogP contribution in [0.25, 0.3) is 0 Å². The van der Waals surface area contributed by atoms with Gasteiger partial charge in [0, 0.05) is 24.7 Å². The van der Waals surface area contributed by atoms with Gasteiger partial charge >= 0.3 is 0 Å². The molecule has 1 aromatic carbocycles. The van der Waals surface area contributed by atoms with Gasteiger partial charge in [-0.05, 0) is 19.1 Å². The number of benzene rings is 1. The zero-order chi connectivity index (χ0) is 15.5. The van der Waals surface area contributed by atoms with Crippen LogP contribution in [0.2, 0.25) is 0 Å². The van der Waals surface area contributed by atoms with Crippen LogP contribution in [0.1, 0.15) is 6.92 Å². The van der Waals surface area contributed by atoms with E-state index >= 15 is 0 Å². The van der Waals surface area contributed by atoms with Gasteiger partial charge in [0.2, 0.25) is 0 Å². The molecule has 0 aromatic heterocycles. The average Bonchev–Trinajstić information content (AvgIpc) is 2.84. The Labute approximate surface area is 122 Å². The fourth-order valence-corrected chi connectivity index (χ4v) is 3.01. The zero-order valence-corrected chi connectivity index (χ0v) is 12.3. The normalized spacial score (nSPS) is 18.0. The van der Waals surface area contributed by atoms with Crippen LogP contribution < -0.4 is 10.6 Å². The molecule has 0 aliphatic carbocycles. The number of nitro groups is 1. The van der Waals surface area contributed by atoms with Crippen LogP contribution in [0.15, 0.2) is 34.2 Å². The monoisotopic (exact) mass is 312 g/mol. The number of non-ortho nitro benzene ring substituents is 1. The van der Waals surface area contributed by atoms with Gasteiger partial charge in [0.25, 0.3) is 5.69 Å². The summed E-state index contributed by atoms with van der Waals surface area (Å²) in [5, 5.41) is 16.5. The minimum Gasteiger partial charge on any atom is -0.355 e. The number of guanidine groups is 1. The van der Waals surface area contributed by atoms with Crippen LogP contribution in [0, 0.1) is 10.1 Å². The molecule has 1 heterocycles. The van der Waals surface area contributed by atoms with E-state index in [0.29, 0.717) is 12.5 Å². The summed E-state index contributed by atoms with van der Waals surface area (Å²) in [6.07, 6.45) is 0. The summed E-state index contributed by atoms with van der Waals surface area (Å²) < 4.78 is 24.2. The molecule has 1 atom stereocenters. The predicted molar refractivity (Wildman–Crippen MR) is 78.1 cm³/mol. The Balaban J connectivity index is 1.93. The van der Waals surface area contributed by atoms with E-state index in [4.69, 9.17) is 0 Å². The van der Waals surface area contributed by atoms with E-state index in [1.54, 1.807) is 0 Å². The highest BCUT2D eigenvalue weighted by molar-refractivity contribution is 7.91. The number of aliphatic imine (C=N–C) groups is 1. The number of nitrogens with one attached hydrogen (secondary N) is 2. The molecular formula is C12H16N4O4S. The molecule has 0 saturated carbocycles. The maximum Gasteiger partial charge on any atom is 0.269 e. The quantitative estimate of drug-likeness (QED) is 0.597. The number of sulfone groups is 1. The van der Waals surface area contributed by atoms with E-state index in [9.17, 15) is 18.5 Å². The summed E-state index contributed by atoms with van der Waals surface area (Å²) in [6, 6.07) is 5.12. The lowest BCUT2D eigenvalue weighted by atomic mass is 10.3. The standard InChI is InChI=1S/C12H16N4O4S/c1-9-8-14-12(15-9)13-6-7-21(19,20)11-4-2-10(3-5-11)16(17)18/h2-5,9H,6-8H2,1H3,(H2,13,14,15).